The molecule has 4 rings (SSSR count). The zero-order valence-corrected chi connectivity index (χ0v) is 20.4. The van der Waals surface area contributed by atoms with Crippen molar-refractivity contribution >= 4 is 38.1 Å². The smallest absolute Gasteiger partial charge is 0.264 e. The summed E-state index contributed by atoms with van der Waals surface area (Å²) in [4.78, 5) is 12.9. The number of benzene rings is 3. The maximum Gasteiger partial charge on any atom is 0.264 e. The fraction of sp³-hybridized carbons (Fsp3) is 0.125. The summed E-state index contributed by atoms with van der Waals surface area (Å²) in [6.45, 7) is 1.29. The van der Waals surface area contributed by atoms with Gasteiger partial charge in [-0.3, -0.25) is 14.4 Å². The summed E-state index contributed by atoms with van der Waals surface area (Å²) < 4.78 is 46.3. The number of anilines is 2. The van der Waals surface area contributed by atoms with Crippen LogP contribution in [0.4, 0.5) is 15.2 Å². The molecule has 8 nitrogen and oxygen atoms in total. The fourth-order valence-electron chi connectivity index (χ4n) is 3.17. The van der Waals surface area contributed by atoms with Gasteiger partial charge < -0.3 is 4.74 Å². The number of nitrogens with zero attached hydrogens (tertiary/aromatic N) is 3. The van der Waals surface area contributed by atoms with E-state index < -0.39 is 28.3 Å². The molecule has 0 saturated carbocycles. The van der Waals surface area contributed by atoms with E-state index >= 15 is 0 Å². The summed E-state index contributed by atoms with van der Waals surface area (Å²) >= 11 is 1.15. The Bertz CT molecular complexity index is 1420. The van der Waals surface area contributed by atoms with Crippen LogP contribution in [0.25, 0.3) is 10.6 Å². The molecule has 0 unspecified atom stereocenters. The third-order valence-electron chi connectivity index (χ3n) is 5.02. The molecule has 0 bridgehead atoms. The van der Waals surface area contributed by atoms with Gasteiger partial charge in [-0.15, -0.1) is 10.2 Å². The van der Waals surface area contributed by atoms with E-state index in [1.54, 1.807) is 31.4 Å². The second kappa shape index (κ2) is 10.2. The highest BCUT2D eigenvalue weighted by molar-refractivity contribution is 7.92. The Labute approximate surface area is 206 Å². The third kappa shape index (κ3) is 5.64. The van der Waals surface area contributed by atoms with Crippen molar-refractivity contribution in [1.29, 1.82) is 0 Å². The number of aromatic nitrogens is 2. The molecule has 0 radical (unpaired) electrons. The number of rotatable bonds is 8. The molecule has 0 aliphatic carbocycles. The first-order valence-corrected chi connectivity index (χ1v) is 12.6. The van der Waals surface area contributed by atoms with Gasteiger partial charge in [-0.05, 0) is 67.6 Å². The minimum Gasteiger partial charge on any atom is -0.497 e. The quantitative estimate of drug-likeness (QED) is 0.373. The molecule has 0 aliphatic heterocycles. The third-order valence-corrected chi connectivity index (χ3v) is 7.69. The molecule has 0 spiro atoms. The number of nitrogens with one attached hydrogen (secondary N) is 1. The van der Waals surface area contributed by atoms with Crippen LogP contribution in [0.15, 0.2) is 77.7 Å². The van der Waals surface area contributed by atoms with Crippen LogP contribution in [0.2, 0.25) is 0 Å². The van der Waals surface area contributed by atoms with Gasteiger partial charge in [0, 0.05) is 5.56 Å². The second-order valence-electron chi connectivity index (χ2n) is 7.49. The highest BCUT2D eigenvalue weighted by atomic mass is 32.2. The van der Waals surface area contributed by atoms with E-state index in [9.17, 15) is 17.6 Å². The van der Waals surface area contributed by atoms with E-state index in [1.807, 2.05) is 19.1 Å². The van der Waals surface area contributed by atoms with Crippen LogP contribution >= 0.6 is 11.3 Å². The van der Waals surface area contributed by atoms with Crippen molar-refractivity contribution in [3.8, 4) is 16.3 Å². The number of amides is 1. The summed E-state index contributed by atoms with van der Waals surface area (Å²) in [5, 5.41) is 11.5. The van der Waals surface area contributed by atoms with Gasteiger partial charge in [-0.1, -0.05) is 29.0 Å². The lowest BCUT2D eigenvalue weighted by molar-refractivity contribution is -0.114. The maximum absolute atomic E-state index is 13.5. The minimum absolute atomic E-state index is 0.0120. The SMILES string of the molecule is COc1ccc(-c2nnc(NC(=O)CN(c3ccc(F)cc3)S(=O)(=O)c3ccc(C)cc3)s2)cc1. The van der Waals surface area contributed by atoms with Crippen LogP contribution in [0.3, 0.4) is 0 Å². The summed E-state index contributed by atoms with van der Waals surface area (Å²) in [6.07, 6.45) is 0. The average Bonchev–Trinajstić information content (AvgIpc) is 3.32. The molecule has 0 fully saturated rings. The molecule has 1 aromatic heterocycles. The Hall–Kier alpha value is -3.83. The van der Waals surface area contributed by atoms with Crippen molar-refractivity contribution in [2.45, 2.75) is 11.8 Å². The summed E-state index contributed by atoms with van der Waals surface area (Å²) in [5.41, 5.74) is 1.83. The topological polar surface area (TPSA) is 101 Å². The molecule has 1 N–H and O–H groups in total. The Morgan fingerprint density at radius 2 is 1.66 bits per heavy atom. The lowest BCUT2D eigenvalue weighted by atomic mass is 10.2. The predicted octanol–water partition coefficient (Wildman–Crippen LogP) is 4.50. The molecular weight excluding hydrogens is 491 g/mol. The number of carbonyl (C=O) groups excluding carboxylic acids is 1. The number of halogens is 1. The Morgan fingerprint density at radius 1 is 1.00 bits per heavy atom. The summed E-state index contributed by atoms with van der Waals surface area (Å²) in [5.74, 6) is -0.448. The Kier molecular flexibility index (Phi) is 7.08. The van der Waals surface area contributed by atoms with Crippen LogP contribution in [0.5, 0.6) is 5.75 Å². The minimum atomic E-state index is -4.11. The van der Waals surface area contributed by atoms with Crippen molar-refractivity contribution in [2.24, 2.45) is 0 Å². The number of aryl methyl sites for hydroxylation is 1. The monoisotopic (exact) mass is 512 g/mol. The van der Waals surface area contributed by atoms with Gasteiger partial charge in [0.05, 0.1) is 17.7 Å². The first-order chi connectivity index (χ1) is 16.8. The van der Waals surface area contributed by atoms with Gasteiger partial charge in [0.2, 0.25) is 11.0 Å². The van der Waals surface area contributed by atoms with Crippen LogP contribution in [-0.2, 0) is 14.8 Å². The summed E-state index contributed by atoms with van der Waals surface area (Å²) in [6, 6.07) is 18.3. The molecule has 35 heavy (non-hydrogen) atoms. The van der Waals surface area contributed by atoms with Crippen LogP contribution in [-0.4, -0.2) is 38.2 Å². The van der Waals surface area contributed by atoms with Crippen molar-refractivity contribution in [2.75, 3.05) is 23.3 Å². The van der Waals surface area contributed by atoms with Gasteiger partial charge in [-0.25, -0.2) is 12.8 Å². The van der Waals surface area contributed by atoms with Gasteiger partial charge in [0.1, 0.15) is 23.1 Å². The van der Waals surface area contributed by atoms with E-state index in [0.29, 0.717) is 10.8 Å². The normalized spacial score (nSPS) is 11.2. The van der Waals surface area contributed by atoms with Crippen LogP contribution in [0, 0.1) is 12.7 Å². The number of hydrogen-bond acceptors (Lipinski definition) is 7. The van der Waals surface area contributed by atoms with Crippen molar-refractivity contribution in [3.63, 3.8) is 0 Å². The van der Waals surface area contributed by atoms with Crippen LogP contribution < -0.4 is 14.4 Å². The molecule has 4 aromatic rings. The molecular formula is C24H21FN4O4S2. The van der Waals surface area contributed by atoms with Gasteiger partial charge in [0.15, 0.2) is 0 Å². The van der Waals surface area contributed by atoms with E-state index in [2.05, 4.69) is 15.5 Å². The Morgan fingerprint density at radius 3 is 2.29 bits per heavy atom. The lowest BCUT2D eigenvalue weighted by Crippen LogP contribution is -2.38. The van der Waals surface area contributed by atoms with Crippen molar-refractivity contribution in [3.05, 3.63) is 84.2 Å². The highest BCUT2D eigenvalue weighted by Gasteiger charge is 2.27. The first-order valence-electron chi connectivity index (χ1n) is 10.4. The standard InChI is InChI=1S/C24H21FN4O4S2/c1-16-3-13-21(14-4-16)35(31,32)29(19-9-7-18(25)8-10-19)15-22(30)26-24-28-27-23(34-24)17-5-11-20(33-2)12-6-17/h3-14H,15H2,1-2H3,(H,26,28,30). The molecule has 0 aliphatic rings. The fourth-order valence-corrected chi connectivity index (χ4v) is 5.36. The van der Waals surface area contributed by atoms with E-state index in [1.165, 1.54) is 24.3 Å². The lowest BCUT2D eigenvalue weighted by Gasteiger charge is -2.24. The molecule has 1 amide bonds. The number of carbonyl (C=O) groups is 1. The average molecular weight is 513 g/mol. The van der Waals surface area contributed by atoms with Crippen molar-refractivity contribution < 1.29 is 22.3 Å². The molecule has 11 heteroatoms. The van der Waals surface area contributed by atoms with Gasteiger partial charge in [0.25, 0.3) is 10.0 Å². The van der Waals surface area contributed by atoms with E-state index in [0.717, 1.165) is 38.9 Å². The second-order valence-corrected chi connectivity index (χ2v) is 10.3. The van der Waals surface area contributed by atoms with Gasteiger partial charge in [-0.2, -0.15) is 0 Å². The zero-order valence-electron chi connectivity index (χ0n) is 18.8. The predicted molar refractivity (Wildman–Crippen MR) is 133 cm³/mol. The molecule has 180 valence electrons. The number of sulfonamides is 1. The first kappa shape index (κ1) is 24.3. The highest BCUT2D eigenvalue weighted by Crippen LogP contribution is 2.28. The molecule has 1 heterocycles. The number of ether oxygens (including phenoxy) is 1. The number of methoxy groups -OCH3 is 1. The van der Waals surface area contributed by atoms with Crippen LogP contribution in [0.1, 0.15) is 5.56 Å². The largest absolute Gasteiger partial charge is 0.497 e. The van der Waals surface area contributed by atoms with E-state index in [-0.39, 0.29) is 15.7 Å². The Balaban J connectivity index is 1.56. The molecule has 0 saturated heterocycles. The van der Waals surface area contributed by atoms with Gasteiger partial charge >= 0.3 is 0 Å². The zero-order chi connectivity index (χ0) is 25.0. The summed E-state index contributed by atoms with van der Waals surface area (Å²) in [7, 11) is -2.54. The maximum atomic E-state index is 13.5. The molecule has 3 aromatic carbocycles. The molecule has 0 atom stereocenters. The van der Waals surface area contributed by atoms with E-state index in [4.69, 9.17) is 4.74 Å². The number of hydrogen-bond donors (Lipinski definition) is 1. The van der Waals surface area contributed by atoms with Crippen molar-refractivity contribution in [1.82, 2.24) is 10.2 Å².